The molecule has 3 N–H and O–H groups in total. The van der Waals surface area contributed by atoms with Crippen molar-refractivity contribution in [3.63, 3.8) is 0 Å². The van der Waals surface area contributed by atoms with Crippen LogP contribution in [-0.2, 0) is 0 Å². The van der Waals surface area contributed by atoms with E-state index >= 15 is 0 Å². The van der Waals surface area contributed by atoms with E-state index in [9.17, 15) is 15.0 Å². The second-order valence-corrected chi connectivity index (χ2v) is 5.40. The van der Waals surface area contributed by atoms with Crippen LogP contribution in [-0.4, -0.2) is 21.8 Å². The van der Waals surface area contributed by atoms with Gasteiger partial charge in [0.2, 0.25) is 0 Å². The monoisotopic (exact) mass is 320 g/mol. The van der Waals surface area contributed by atoms with Crippen LogP contribution in [0.25, 0.3) is 10.8 Å². The number of benzene rings is 3. The second kappa shape index (κ2) is 6.42. The maximum absolute atomic E-state index is 12.3. The summed E-state index contributed by atoms with van der Waals surface area (Å²) in [5, 5.41) is 25.3. The molecule has 0 aromatic heterocycles. The van der Waals surface area contributed by atoms with Crippen LogP contribution in [0.4, 0.5) is 0 Å². The lowest BCUT2D eigenvalue weighted by atomic mass is 10.1. The lowest BCUT2D eigenvalue weighted by Crippen LogP contribution is -2.19. The topological polar surface area (TPSA) is 81.9 Å². The Bertz CT molecular complexity index is 948. The molecular formula is C19H16N2O3. The van der Waals surface area contributed by atoms with Gasteiger partial charge in [-0.1, -0.05) is 36.4 Å². The molecule has 0 fully saturated rings. The number of nitrogens with zero attached hydrogens (tertiary/aromatic N) is 1. The van der Waals surface area contributed by atoms with Gasteiger partial charge in [0, 0.05) is 5.56 Å². The van der Waals surface area contributed by atoms with Crippen LogP contribution in [0.15, 0.2) is 65.8 Å². The first-order valence-corrected chi connectivity index (χ1v) is 7.40. The van der Waals surface area contributed by atoms with Crippen LogP contribution < -0.4 is 5.43 Å². The minimum atomic E-state index is -0.502. The van der Waals surface area contributed by atoms with E-state index in [1.165, 1.54) is 0 Å². The number of hydrogen-bond acceptors (Lipinski definition) is 4. The Balaban J connectivity index is 1.84. The summed E-state index contributed by atoms with van der Waals surface area (Å²) in [4.78, 5) is 12.3. The molecule has 0 saturated carbocycles. The van der Waals surface area contributed by atoms with E-state index in [2.05, 4.69) is 10.5 Å². The lowest BCUT2D eigenvalue weighted by Gasteiger charge is -2.07. The highest BCUT2D eigenvalue weighted by Crippen LogP contribution is 2.24. The summed E-state index contributed by atoms with van der Waals surface area (Å²) in [6, 6.07) is 17.2. The average molecular weight is 320 g/mol. The van der Waals surface area contributed by atoms with Gasteiger partial charge in [0.25, 0.3) is 5.91 Å². The molecule has 5 nitrogen and oxygen atoms in total. The molecule has 5 heteroatoms. The van der Waals surface area contributed by atoms with E-state index in [0.29, 0.717) is 11.3 Å². The predicted octanol–water partition coefficient (Wildman–Crippen LogP) is 3.41. The minimum Gasteiger partial charge on any atom is -0.508 e. The molecule has 0 spiro atoms. The number of hydrazone groups is 1. The number of phenols is 2. The Kier molecular flexibility index (Phi) is 4.16. The number of hydrogen-bond donors (Lipinski definition) is 3. The SMILES string of the molecule is C/C(=N/NC(=O)c1cc2ccccc2cc1O)c1cccc(O)c1. The number of carbonyl (C=O) groups is 1. The first kappa shape index (κ1) is 15.6. The normalized spacial score (nSPS) is 11.5. The van der Waals surface area contributed by atoms with Gasteiger partial charge in [-0.3, -0.25) is 4.79 Å². The number of amides is 1. The summed E-state index contributed by atoms with van der Waals surface area (Å²) in [7, 11) is 0. The molecule has 3 aromatic rings. The summed E-state index contributed by atoms with van der Waals surface area (Å²) in [5.74, 6) is -0.477. The van der Waals surface area contributed by atoms with E-state index in [1.807, 2.05) is 24.3 Å². The molecule has 0 aliphatic heterocycles. The summed E-state index contributed by atoms with van der Waals surface area (Å²) >= 11 is 0. The Morgan fingerprint density at radius 2 is 1.67 bits per heavy atom. The lowest BCUT2D eigenvalue weighted by molar-refractivity contribution is 0.0952. The van der Waals surface area contributed by atoms with E-state index in [1.54, 1.807) is 43.3 Å². The molecule has 0 aliphatic carbocycles. The summed E-state index contributed by atoms with van der Waals surface area (Å²) in [5.41, 5.74) is 3.82. The number of aromatic hydroxyl groups is 2. The van der Waals surface area contributed by atoms with Crippen LogP contribution in [0, 0.1) is 0 Å². The number of carbonyl (C=O) groups excluding carboxylic acids is 1. The summed E-state index contributed by atoms with van der Waals surface area (Å²) < 4.78 is 0. The molecule has 3 rings (SSSR count). The van der Waals surface area contributed by atoms with Crippen molar-refractivity contribution in [3.8, 4) is 11.5 Å². The van der Waals surface area contributed by atoms with Crippen LogP contribution in [0.5, 0.6) is 11.5 Å². The zero-order valence-corrected chi connectivity index (χ0v) is 13.0. The highest BCUT2D eigenvalue weighted by molar-refractivity contribution is 6.03. The van der Waals surface area contributed by atoms with E-state index < -0.39 is 5.91 Å². The Morgan fingerprint density at radius 1 is 0.958 bits per heavy atom. The van der Waals surface area contributed by atoms with Gasteiger partial charge < -0.3 is 10.2 Å². The first-order chi connectivity index (χ1) is 11.5. The fourth-order valence-electron chi connectivity index (χ4n) is 2.40. The van der Waals surface area contributed by atoms with Crippen molar-refractivity contribution in [2.75, 3.05) is 0 Å². The van der Waals surface area contributed by atoms with Gasteiger partial charge in [-0.05, 0) is 42.0 Å². The quantitative estimate of drug-likeness (QED) is 0.511. The third kappa shape index (κ3) is 3.20. The average Bonchev–Trinajstić information content (AvgIpc) is 2.58. The fourth-order valence-corrected chi connectivity index (χ4v) is 2.40. The van der Waals surface area contributed by atoms with Crippen LogP contribution in [0.2, 0.25) is 0 Å². The minimum absolute atomic E-state index is 0.101. The number of fused-ring (bicyclic) bond motifs is 1. The molecule has 0 radical (unpaired) electrons. The highest BCUT2D eigenvalue weighted by atomic mass is 16.3. The molecule has 120 valence electrons. The van der Waals surface area contributed by atoms with Crippen molar-refractivity contribution in [2.24, 2.45) is 5.10 Å². The molecule has 3 aromatic carbocycles. The maximum atomic E-state index is 12.3. The molecule has 0 heterocycles. The second-order valence-electron chi connectivity index (χ2n) is 5.40. The zero-order chi connectivity index (χ0) is 17.1. The number of nitrogens with one attached hydrogen (secondary N) is 1. The third-order valence-corrected chi connectivity index (χ3v) is 3.70. The predicted molar refractivity (Wildman–Crippen MR) is 93.4 cm³/mol. The Morgan fingerprint density at radius 3 is 2.38 bits per heavy atom. The number of rotatable bonds is 3. The first-order valence-electron chi connectivity index (χ1n) is 7.40. The van der Waals surface area contributed by atoms with Crippen molar-refractivity contribution in [1.82, 2.24) is 5.43 Å². The molecule has 0 aliphatic rings. The third-order valence-electron chi connectivity index (χ3n) is 3.70. The van der Waals surface area contributed by atoms with Gasteiger partial charge in [0.1, 0.15) is 11.5 Å². The van der Waals surface area contributed by atoms with E-state index in [-0.39, 0.29) is 17.1 Å². The van der Waals surface area contributed by atoms with Crippen LogP contribution >= 0.6 is 0 Å². The van der Waals surface area contributed by atoms with Gasteiger partial charge >= 0.3 is 0 Å². The number of phenolic OH excluding ortho intramolecular Hbond substituents is 2. The van der Waals surface area contributed by atoms with Gasteiger partial charge in [0.05, 0.1) is 11.3 Å². The smallest absolute Gasteiger partial charge is 0.275 e. The Hall–Kier alpha value is -3.34. The standard InChI is InChI=1S/C19H16N2O3/c1-12(13-7-4-8-16(22)9-13)20-21-19(24)17-10-14-5-2-3-6-15(14)11-18(17)23/h2-11,22-23H,1H3,(H,21,24)/b20-12-. The van der Waals surface area contributed by atoms with Crippen molar-refractivity contribution >= 4 is 22.4 Å². The van der Waals surface area contributed by atoms with Crippen molar-refractivity contribution in [1.29, 1.82) is 0 Å². The summed E-state index contributed by atoms with van der Waals surface area (Å²) in [6.45, 7) is 1.72. The van der Waals surface area contributed by atoms with Gasteiger partial charge in [-0.2, -0.15) is 5.10 Å². The van der Waals surface area contributed by atoms with Gasteiger partial charge in [-0.25, -0.2) is 5.43 Å². The molecule has 0 unspecified atom stereocenters. The van der Waals surface area contributed by atoms with Crippen molar-refractivity contribution < 1.29 is 15.0 Å². The molecule has 0 atom stereocenters. The van der Waals surface area contributed by atoms with Crippen molar-refractivity contribution in [3.05, 3.63) is 71.8 Å². The largest absolute Gasteiger partial charge is 0.508 e. The molecule has 1 amide bonds. The van der Waals surface area contributed by atoms with Crippen LogP contribution in [0.3, 0.4) is 0 Å². The van der Waals surface area contributed by atoms with Crippen LogP contribution in [0.1, 0.15) is 22.8 Å². The maximum Gasteiger partial charge on any atom is 0.275 e. The summed E-state index contributed by atoms with van der Waals surface area (Å²) in [6.07, 6.45) is 0. The molecule has 0 saturated heterocycles. The van der Waals surface area contributed by atoms with Crippen molar-refractivity contribution in [2.45, 2.75) is 6.92 Å². The molecule has 24 heavy (non-hydrogen) atoms. The van der Waals surface area contributed by atoms with E-state index in [4.69, 9.17) is 0 Å². The molecule has 0 bridgehead atoms. The van der Waals surface area contributed by atoms with Gasteiger partial charge in [-0.15, -0.1) is 0 Å². The van der Waals surface area contributed by atoms with Gasteiger partial charge in [0.15, 0.2) is 0 Å². The highest BCUT2D eigenvalue weighted by Gasteiger charge is 2.12. The zero-order valence-electron chi connectivity index (χ0n) is 13.0. The molecular weight excluding hydrogens is 304 g/mol. The van der Waals surface area contributed by atoms with E-state index in [0.717, 1.165) is 10.8 Å². The Labute approximate surface area is 138 Å². The fraction of sp³-hybridized carbons (Fsp3) is 0.0526.